The highest BCUT2D eigenvalue weighted by atomic mass is 32.1. The molecule has 0 radical (unpaired) electrons. The van der Waals surface area contributed by atoms with Crippen LogP contribution in [0.25, 0.3) is 20.4 Å². The molecule has 0 spiro atoms. The van der Waals surface area contributed by atoms with Crippen molar-refractivity contribution in [3.8, 4) is 0 Å². The van der Waals surface area contributed by atoms with Crippen LogP contribution in [0.2, 0.25) is 0 Å². The average molecular weight is 270 g/mol. The Morgan fingerprint density at radius 3 is 2.89 bits per heavy atom. The van der Waals surface area contributed by atoms with E-state index in [0.717, 1.165) is 33.3 Å². The number of hydrogen-bond acceptors (Lipinski definition) is 5. The zero-order chi connectivity index (χ0) is 12.8. The predicted molar refractivity (Wildman–Crippen MR) is 78.4 cm³/mol. The Balaban J connectivity index is 2.07. The summed E-state index contributed by atoms with van der Waals surface area (Å²) in [5.41, 5.74) is 8.65. The summed E-state index contributed by atoms with van der Waals surface area (Å²) in [6.45, 7) is 0. The maximum atomic E-state index is 6.00. The first-order valence-corrected chi connectivity index (χ1v) is 7.46. The van der Waals surface area contributed by atoms with Gasteiger partial charge in [-0.05, 0) is 37.3 Å². The number of fused-ring (bicyclic) bond motifs is 4. The lowest BCUT2D eigenvalue weighted by molar-refractivity contribution is 0.709. The van der Waals surface area contributed by atoms with Gasteiger partial charge in [0.2, 0.25) is 0 Å². The van der Waals surface area contributed by atoms with Crippen LogP contribution < -0.4 is 5.73 Å². The van der Waals surface area contributed by atoms with Crippen LogP contribution in [0.3, 0.4) is 0 Å². The van der Waals surface area contributed by atoms with Crippen molar-refractivity contribution in [1.29, 1.82) is 0 Å². The van der Waals surface area contributed by atoms with E-state index >= 15 is 0 Å². The molecule has 19 heavy (non-hydrogen) atoms. The third-order valence-corrected chi connectivity index (χ3v) is 4.83. The lowest BCUT2D eigenvalue weighted by atomic mass is 10.1. The minimum absolute atomic E-state index is 0.562. The first kappa shape index (κ1) is 11.1. The third kappa shape index (κ3) is 1.69. The van der Waals surface area contributed by atoms with Gasteiger partial charge in [0.1, 0.15) is 21.8 Å². The number of nitrogens with zero attached hydrogens (tertiary/aromatic N) is 3. The Kier molecular flexibility index (Phi) is 2.41. The summed E-state index contributed by atoms with van der Waals surface area (Å²) in [6, 6.07) is 2.27. The highest BCUT2D eigenvalue weighted by Gasteiger charge is 2.16. The fraction of sp³-hybridized carbons (Fsp3) is 0.357. The fourth-order valence-corrected chi connectivity index (χ4v) is 3.88. The summed E-state index contributed by atoms with van der Waals surface area (Å²) < 4.78 is 0. The lowest BCUT2D eigenvalue weighted by Gasteiger charge is -2.04. The number of aryl methyl sites for hydroxylation is 2. The molecule has 0 saturated carbocycles. The summed E-state index contributed by atoms with van der Waals surface area (Å²) in [7, 11) is 0. The first-order valence-electron chi connectivity index (χ1n) is 6.64. The van der Waals surface area contributed by atoms with Crippen molar-refractivity contribution in [2.75, 3.05) is 5.73 Å². The molecule has 0 saturated heterocycles. The van der Waals surface area contributed by atoms with E-state index < -0.39 is 0 Å². The molecule has 0 fully saturated rings. The van der Waals surface area contributed by atoms with E-state index in [-0.39, 0.29) is 0 Å². The fourth-order valence-electron chi connectivity index (χ4n) is 2.85. The van der Waals surface area contributed by atoms with Crippen molar-refractivity contribution in [2.45, 2.75) is 32.1 Å². The standard InChI is InChI=1S/C14H14N4S/c15-12-11-9-6-8-4-2-1-3-5-10(8)18-13(9)19-14(11)17-7-16-12/h6-7H,1-5H2,(H2,15,16,17). The van der Waals surface area contributed by atoms with E-state index in [1.54, 1.807) is 11.3 Å². The number of aromatic nitrogens is 3. The van der Waals surface area contributed by atoms with Crippen molar-refractivity contribution >= 4 is 37.6 Å². The Labute approximate surface area is 114 Å². The van der Waals surface area contributed by atoms with Crippen LogP contribution >= 0.6 is 11.3 Å². The largest absolute Gasteiger partial charge is 0.383 e. The molecule has 1 aliphatic carbocycles. The van der Waals surface area contributed by atoms with E-state index in [4.69, 9.17) is 10.7 Å². The second-order valence-electron chi connectivity index (χ2n) is 5.05. The highest BCUT2D eigenvalue weighted by Crippen LogP contribution is 2.35. The molecule has 0 aliphatic heterocycles. The quantitative estimate of drug-likeness (QED) is 0.637. The molecule has 3 heterocycles. The zero-order valence-electron chi connectivity index (χ0n) is 10.5. The third-order valence-electron chi connectivity index (χ3n) is 3.82. The van der Waals surface area contributed by atoms with Gasteiger partial charge in [0.15, 0.2) is 0 Å². The molecule has 3 aromatic heterocycles. The number of anilines is 1. The van der Waals surface area contributed by atoms with Crippen LogP contribution in [0.4, 0.5) is 5.82 Å². The minimum atomic E-state index is 0.562. The summed E-state index contributed by atoms with van der Waals surface area (Å²) in [4.78, 5) is 15.3. The van der Waals surface area contributed by atoms with Crippen LogP contribution in [-0.2, 0) is 12.8 Å². The van der Waals surface area contributed by atoms with Gasteiger partial charge in [-0.15, -0.1) is 0 Å². The van der Waals surface area contributed by atoms with Gasteiger partial charge < -0.3 is 5.73 Å². The van der Waals surface area contributed by atoms with Gasteiger partial charge >= 0.3 is 0 Å². The molecular formula is C14H14N4S. The first-order chi connectivity index (χ1) is 9.33. The number of nitrogen functional groups attached to an aromatic ring is 1. The Morgan fingerprint density at radius 1 is 1.05 bits per heavy atom. The smallest absolute Gasteiger partial charge is 0.136 e. The van der Waals surface area contributed by atoms with Crippen molar-refractivity contribution in [2.24, 2.45) is 0 Å². The molecule has 0 aromatic carbocycles. The van der Waals surface area contributed by atoms with Crippen molar-refractivity contribution in [3.05, 3.63) is 23.7 Å². The van der Waals surface area contributed by atoms with Gasteiger partial charge in [-0.3, -0.25) is 0 Å². The zero-order valence-corrected chi connectivity index (χ0v) is 11.3. The van der Waals surface area contributed by atoms with Gasteiger partial charge in [0.25, 0.3) is 0 Å². The van der Waals surface area contributed by atoms with Gasteiger partial charge in [-0.25, -0.2) is 15.0 Å². The summed E-state index contributed by atoms with van der Waals surface area (Å²) in [6.07, 6.45) is 7.56. The number of hydrogen-bond donors (Lipinski definition) is 1. The van der Waals surface area contributed by atoms with E-state index in [9.17, 15) is 0 Å². The molecular weight excluding hydrogens is 256 g/mol. The summed E-state index contributed by atoms with van der Waals surface area (Å²) >= 11 is 1.61. The van der Waals surface area contributed by atoms with Gasteiger partial charge in [0, 0.05) is 11.1 Å². The maximum Gasteiger partial charge on any atom is 0.136 e. The molecule has 2 N–H and O–H groups in total. The Bertz CT molecular complexity index is 778. The topological polar surface area (TPSA) is 64.7 Å². The van der Waals surface area contributed by atoms with Crippen LogP contribution in [0.1, 0.15) is 30.5 Å². The minimum Gasteiger partial charge on any atom is -0.383 e. The molecule has 4 nitrogen and oxygen atoms in total. The SMILES string of the molecule is Nc1ncnc2sc3nc4c(cc3c12)CCCCC4. The van der Waals surface area contributed by atoms with E-state index in [2.05, 4.69) is 16.0 Å². The number of rotatable bonds is 0. The molecule has 0 bridgehead atoms. The van der Waals surface area contributed by atoms with E-state index in [1.165, 1.54) is 36.8 Å². The monoisotopic (exact) mass is 270 g/mol. The Hall–Kier alpha value is -1.75. The van der Waals surface area contributed by atoms with Crippen LogP contribution in [0.15, 0.2) is 12.4 Å². The Morgan fingerprint density at radius 2 is 1.95 bits per heavy atom. The number of nitrogens with two attached hydrogens (primary N) is 1. The number of thiophene rings is 1. The molecule has 4 rings (SSSR count). The average Bonchev–Trinajstić information content (AvgIpc) is 2.61. The van der Waals surface area contributed by atoms with Crippen molar-refractivity contribution < 1.29 is 0 Å². The van der Waals surface area contributed by atoms with Gasteiger partial charge in [0.05, 0.1) is 5.39 Å². The molecule has 0 amide bonds. The molecule has 5 heteroatoms. The lowest BCUT2D eigenvalue weighted by Crippen LogP contribution is -1.95. The molecule has 1 aliphatic rings. The highest BCUT2D eigenvalue weighted by molar-refractivity contribution is 7.25. The summed E-state index contributed by atoms with van der Waals surface area (Å²) in [5.74, 6) is 0.562. The van der Waals surface area contributed by atoms with Gasteiger partial charge in [-0.1, -0.05) is 17.8 Å². The van der Waals surface area contributed by atoms with Crippen molar-refractivity contribution in [3.63, 3.8) is 0 Å². The molecule has 0 unspecified atom stereocenters. The molecule has 3 aromatic rings. The number of pyridine rings is 1. The summed E-state index contributed by atoms with van der Waals surface area (Å²) in [5, 5.41) is 2.10. The van der Waals surface area contributed by atoms with Crippen LogP contribution in [-0.4, -0.2) is 15.0 Å². The second-order valence-corrected chi connectivity index (χ2v) is 6.03. The van der Waals surface area contributed by atoms with Crippen molar-refractivity contribution in [1.82, 2.24) is 15.0 Å². The molecule has 96 valence electrons. The van der Waals surface area contributed by atoms with E-state index in [1.807, 2.05) is 0 Å². The van der Waals surface area contributed by atoms with Crippen LogP contribution in [0, 0.1) is 0 Å². The van der Waals surface area contributed by atoms with Crippen LogP contribution in [0.5, 0.6) is 0 Å². The molecule has 0 atom stereocenters. The second kappa shape index (κ2) is 4.13. The maximum absolute atomic E-state index is 6.00. The van der Waals surface area contributed by atoms with Gasteiger partial charge in [-0.2, -0.15) is 0 Å². The predicted octanol–water partition coefficient (Wildman–Crippen LogP) is 3.09. The normalized spacial score (nSPS) is 15.6. The van der Waals surface area contributed by atoms with E-state index in [0.29, 0.717) is 5.82 Å².